The van der Waals surface area contributed by atoms with E-state index in [9.17, 15) is 9.59 Å². The third-order valence-corrected chi connectivity index (χ3v) is 7.55. The van der Waals surface area contributed by atoms with E-state index < -0.39 is 11.6 Å². The molecule has 0 saturated carbocycles. The summed E-state index contributed by atoms with van der Waals surface area (Å²) in [5, 5.41) is 4.08. The number of para-hydroxylation sites is 1. The van der Waals surface area contributed by atoms with Crippen LogP contribution in [0.3, 0.4) is 0 Å². The Labute approximate surface area is 200 Å². The maximum absolute atomic E-state index is 14.0. The number of aromatic nitrogens is 1. The Morgan fingerprint density at radius 1 is 1.06 bits per heavy atom. The molecule has 6 nitrogen and oxygen atoms in total. The summed E-state index contributed by atoms with van der Waals surface area (Å²) >= 11 is 0. The zero-order chi connectivity index (χ0) is 23.9. The Morgan fingerprint density at radius 3 is 2.38 bits per heavy atom. The summed E-state index contributed by atoms with van der Waals surface area (Å²) in [6.45, 7) is 3.34. The van der Waals surface area contributed by atoms with Gasteiger partial charge in [0.2, 0.25) is 11.8 Å². The van der Waals surface area contributed by atoms with Crippen LogP contribution in [0.15, 0.2) is 60.8 Å². The van der Waals surface area contributed by atoms with Crippen molar-refractivity contribution in [1.82, 2.24) is 15.2 Å². The predicted octanol–water partition coefficient (Wildman–Crippen LogP) is 3.87. The summed E-state index contributed by atoms with van der Waals surface area (Å²) in [5.74, 6) is 0.187. The molecule has 2 fully saturated rings. The highest BCUT2D eigenvalue weighted by Gasteiger charge is 2.45. The van der Waals surface area contributed by atoms with E-state index in [1.165, 1.54) is 5.56 Å². The number of rotatable bonds is 6. The fraction of sp³-hybridized carbons (Fsp3) is 0.429. The Bertz CT molecular complexity index is 1170. The maximum atomic E-state index is 14.0. The smallest absolute Gasteiger partial charge is 0.245 e. The number of benzene rings is 2. The molecule has 3 heterocycles. The molecular formula is C28H34N4O2. The minimum Gasteiger partial charge on any atom is -0.361 e. The average molecular weight is 459 g/mol. The largest absolute Gasteiger partial charge is 0.361 e. The van der Waals surface area contributed by atoms with Gasteiger partial charge in [0, 0.05) is 35.6 Å². The first-order valence-electron chi connectivity index (χ1n) is 12.3. The highest BCUT2D eigenvalue weighted by atomic mass is 16.2. The van der Waals surface area contributed by atoms with Crippen LogP contribution in [0.25, 0.3) is 10.9 Å². The predicted molar refractivity (Wildman–Crippen MR) is 134 cm³/mol. The Kier molecular flexibility index (Phi) is 5.94. The van der Waals surface area contributed by atoms with Crippen LogP contribution < -0.4 is 11.1 Å². The van der Waals surface area contributed by atoms with E-state index in [1.54, 1.807) is 13.8 Å². The van der Waals surface area contributed by atoms with Crippen LogP contribution in [-0.2, 0) is 16.0 Å². The Balaban J connectivity index is 1.40. The third-order valence-electron chi connectivity index (χ3n) is 7.55. The second kappa shape index (κ2) is 8.91. The van der Waals surface area contributed by atoms with Gasteiger partial charge in [-0.05, 0) is 62.6 Å². The highest BCUT2D eigenvalue weighted by Crippen LogP contribution is 2.43. The summed E-state index contributed by atoms with van der Waals surface area (Å²) in [5.41, 5.74) is 8.43. The molecule has 0 aliphatic carbocycles. The van der Waals surface area contributed by atoms with Crippen LogP contribution in [0.4, 0.5) is 0 Å². The average Bonchev–Trinajstić information content (AvgIpc) is 3.35. The number of carbonyl (C=O) groups excluding carboxylic acids is 2. The molecular weight excluding hydrogens is 424 g/mol. The minimum absolute atomic E-state index is 0.0156. The van der Waals surface area contributed by atoms with Gasteiger partial charge in [0.05, 0.1) is 5.54 Å². The van der Waals surface area contributed by atoms with Crippen molar-refractivity contribution in [3.05, 3.63) is 71.9 Å². The number of amides is 2. The van der Waals surface area contributed by atoms with Crippen molar-refractivity contribution < 1.29 is 9.59 Å². The normalized spacial score (nSPS) is 23.1. The minimum atomic E-state index is -1.06. The molecule has 5 rings (SSSR count). The van der Waals surface area contributed by atoms with Crippen LogP contribution in [0.5, 0.6) is 0 Å². The van der Waals surface area contributed by atoms with E-state index >= 15 is 0 Å². The number of fused-ring (bicyclic) bond motifs is 3. The molecule has 34 heavy (non-hydrogen) atoms. The molecule has 1 aromatic heterocycles. The molecule has 2 amide bonds. The second-order valence-electron chi connectivity index (χ2n) is 10.5. The van der Waals surface area contributed by atoms with Gasteiger partial charge in [-0.15, -0.1) is 0 Å². The lowest BCUT2D eigenvalue weighted by molar-refractivity contribution is -0.141. The van der Waals surface area contributed by atoms with Gasteiger partial charge in [0.1, 0.15) is 6.04 Å². The summed E-state index contributed by atoms with van der Waals surface area (Å²) in [7, 11) is 0. The molecule has 0 radical (unpaired) electrons. The van der Waals surface area contributed by atoms with E-state index in [4.69, 9.17) is 5.73 Å². The van der Waals surface area contributed by atoms with Crippen LogP contribution in [-0.4, -0.2) is 45.4 Å². The van der Waals surface area contributed by atoms with Crippen molar-refractivity contribution in [2.45, 2.75) is 75.5 Å². The molecule has 4 N–H and O–H groups in total. The van der Waals surface area contributed by atoms with Gasteiger partial charge in [-0.3, -0.25) is 9.59 Å². The number of carbonyl (C=O) groups is 2. The number of nitrogens with zero attached hydrogens (tertiary/aromatic N) is 1. The molecule has 2 aromatic carbocycles. The van der Waals surface area contributed by atoms with E-state index in [-0.39, 0.29) is 23.9 Å². The molecule has 2 unspecified atom stereocenters. The van der Waals surface area contributed by atoms with Crippen molar-refractivity contribution in [1.29, 1.82) is 0 Å². The van der Waals surface area contributed by atoms with Crippen LogP contribution in [0.2, 0.25) is 0 Å². The molecule has 0 spiro atoms. The number of nitrogens with two attached hydrogens (primary N) is 1. The first-order chi connectivity index (χ1) is 16.3. The topological polar surface area (TPSA) is 91.2 Å². The van der Waals surface area contributed by atoms with E-state index in [2.05, 4.69) is 39.5 Å². The fourth-order valence-corrected chi connectivity index (χ4v) is 5.78. The number of hydrogen-bond donors (Lipinski definition) is 3. The van der Waals surface area contributed by atoms with E-state index in [1.807, 2.05) is 36.5 Å². The van der Waals surface area contributed by atoms with Crippen molar-refractivity contribution in [3.63, 3.8) is 0 Å². The monoisotopic (exact) mass is 458 g/mol. The van der Waals surface area contributed by atoms with Crippen molar-refractivity contribution in [3.8, 4) is 0 Å². The van der Waals surface area contributed by atoms with Gasteiger partial charge in [0.25, 0.3) is 0 Å². The lowest BCUT2D eigenvalue weighted by Gasteiger charge is -2.41. The zero-order valence-electron chi connectivity index (χ0n) is 20.0. The summed E-state index contributed by atoms with van der Waals surface area (Å²) < 4.78 is 0. The van der Waals surface area contributed by atoms with Gasteiger partial charge < -0.3 is 20.9 Å². The fourth-order valence-electron chi connectivity index (χ4n) is 5.78. The van der Waals surface area contributed by atoms with Gasteiger partial charge in [-0.1, -0.05) is 48.5 Å². The molecule has 2 saturated heterocycles. The van der Waals surface area contributed by atoms with Crippen LogP contribution in [0.1, 0.15) is 56.6 Å². The second-order valence-corrected chi connectivity index (χ2v) is 10.5. The van der Waals surface area contributed by atoms with Crippen molar-refractivity contribution in [2.24, 2.45) is 5.73 Å². The highest BCUT2D eigenvalue weighted by molar-refractivity contribution is 5.93. The van der Waals surface area contributed by atoms with E-state index in [0.29, 0.717) is 12.3 Å². The molecule has 3 atom stereocenters. The number of aromatic amines is 1. The van der Waals surface area contributed by atoms with Gasteiger partial charge in [-0.25, -0.2) is 0 Å². The molecule has 3 aromatic rings. The van der Waals surface area contributed by atoms with Crippen LogP contribution in [0, 0.1) is 0 Å². The van der Waals surface area contributed by atoms with E-state index in [0.717, 1.165) is 42.1 Å². The Morgan fingerprint density at radius 2 is 1.71 bits per heavy atom. The SMILES string of the molecule is CC(C)(N)C(=O)N[C@H](Cc1c[nH]c2ccccc12)C(=O)N1C2CCC1CC(c1ccccc1)C2. The van der Waals surface area contributed by atoms with Gasteiger partial charge in [-0.2, -0.15) is 0 Å². The van der Waals surface area contributed by atoms with Crippen molar-refractivity contribution in [2.75, 3.05) is 0 Å². The van der Waals surface area contributed by atoms with Gasteiger partial charge >= 0.3 is 0 Å². The first-order valence-corrected chi connectivity index (χ1v) is 12.3. The summed E-state index contributed by atoms with van der Waals surface area (Å²) in [6.07, 6.45) is 6.38. The molecule has 2 aliphatic heterocycles. The van der Waals surface area contributed by atoms with Gasteiger partial charge in [0.15, 0.2) is 0 Å². The standard InChI is InChI=1S/C28H34N4O2/c1-28(2,29)27(34)31-25(16-20-17-30-24-11-7-6-10-23(20)24)26(33)32-21-12-13-22(32)15-19(14-21)18-8-4-3-5-9-18/h3-11,17,19,21-22,25,30H,12-16,29H2,1-2H3,(H,31,34)/t19?,21?,22?,25-/m1/s1. The zero-order valence-corrected chi connectivity index (χ0v) is 20.0. The quantitative estimate of drug-likeness (QED) is 0.524. The molecule has 2 aliphatic rings. The number of hydrogen-bond acceptors (Lipinski definition) is 3. The molecule has 2 bridgehead atoms. The number of H-pyrrole nitrogens is 1. The maximum Gasteiger partial charge on any atom is 0.245 e. The molecule has 6 heteroatoms. The number of nitrogens with one attached hydrogen (secondary N) is 2. The first kappa shape index (κ1) is 22.7. The lowest BCUT2D eigenvalue weighted by Crippen LogP contribution is -2.59. The third kappa shape index (κ3) is 4.34. The van der Waals surface area contributed by atoms with Crippen LogP contribution >= 0.6 is 0 Å². The summed E-state index contributed by atoms with van der Waals surface area (Å²) in [6, 6.07) is 18.5. The number of piperidine rings is 1. The van der Waals surface area contributed by atoms with Crippen molar-refractivity contribution >= 4 is 22.7 Å². The molecule has 178 valence electrons. The lowest BCUT2D eigenvalue weighted by atomic mass is 9.84. The summed E-state index contributed by atoms with van der Waals surface area (Å²) in [4.78, 5) is 32.2. The Hall–Kier alpha value is -3.12.